The van der Waals surface area contributed by atoms with Crippen LogP contribution in [0.25, 0.3) is 0 Å². The predicted molar refractivity (Wildman–Crippen MR) is 87.8 cm³/mol. The molecule has 1 aliphatic heterocycles. The molecule has 0 bridgehead atoms. The summed E-state index contributed by atoms with van der Waals surface area (Å²) in [5.74, 6) is 0.675. The van der Waals surface area contributed by atoms with Crippen molar-refractivity contribution in [2.75, 3.05) is 44.7 Å². The molecular weight excluding hydrogens is 270 g/mol. The van der Waals surface area contributed by atoms with Crippen molar-refractivity contribution in [3.05, 3.63) is 29.3 Å². The number of benzene rings is 1. The van der Waals surface area contributed by atoms with E-state index in [1.165, 1.54) is 5.69 Å². The van der Waals surface area contributed by atoms with Gasteiger partial charge in [-0.1, -0.05) is 37.6 Å². The van der Waals surface area contributed by atoms with E-state index in [0.717, 1.165) is 37.7 Å². The van der Waals surface area contributed by atoms with E-state index in [0.29, 0.717) is 12.0 Å². The zero-order chi connectivity index (χ0) is 14.5. The lowest BCUT2D eigenvalue weighted by Gasteiger charge is -2.42. The van der Waals surface area contributed by atoms with Crippen molar-refractivity contribution >= 4 is 17.3 Å². The highest BCUT2D eigenvalue weighted by atomic mass is 35.5. The zero-order valence-corrected chi connectivity index (χ0v) is 13.5. The lowest BCUT2D eigenvalue weighted by molar-refractivity contribution is 0.145. The summed E-state index contributed by atoms with van der Waals surface area (Å²) in [6.07, 6.45) is 0. The van der Waals surface area contributed by atoms with Crippen LogP contribution in [0.5, 0.6) is 0 Å². The molecule has 3 nitrogen and oxygen atoms in total. The number of likely N-dealkylation sites (N-methyl/N-ethyl adjacent to an activating group) is 1. The van der Waals surface area contributed by atoms with Crippen molar-refractivity contribution in [2.24, 2.45) is 5.92 Å². The first-order valence-electron chi connectivity index (χ1n) is 7.51. The van der Waals surface area contributed by atoms with Gasteiger partial charge in [-0.05, 0) is 25.1 Å². The summed E-state index contributed by atoms with van der Waals surface area (Å²) in [6, 6.07) is 8.76. The van der Waals surface area contributed by atoms with Crippen LogP contribution < -0.4 is 10.2 Å². The molecule has 1 unspecified atom stereocenters. The minimum Gasteiger partial charge on any atom is -0.368 e. The van der Waals surface area contributed by atoms with Crippen LogP contribution in [0.3, 0.4) is 0 Å². The summed E-state index contributed by atoms with van der Waals surface area (Å²) in [7, 11) is 2.04. The fourth-order valence-corrected chi connectivity index (χ4v) is 3.25. The molecule has 20 heavy (non-hydrogen) atoms. The first-order valence-corrected chi connectivity index (χ1v) is 7.89. The van der Waals surface area contributed by atoms with Gasteiger partial charge in [-0.25, -0.2) is 0 Å². The van der Waals surface area contributed by atoms with Gasteiger partial charge < -0.3 is 10.2 Å². The van der Waals surface area contributed by atoms with Crippen LogP contribution >= 0.6 is 11.6 Å². The molecule has 1 aromatic rings. The molecule has 4 heteroatoms. The van der Waals surface area contributed by atoms with E-state index in [-0.39, 0.29) is 0 Å². The number of piperazine rings is 1. The molecule has 0 saturated carbocycles. The van der Waals surface area contributed by atoms with Crippen LogP contribution in [-0.4, -0.2) is 50.7 Å². The van der Waals surface area contributed by atoms with Crippen LogP contribution in [-0.2, 0) is 0 Å². The van der Waals surface area contributed by atoms with Gasteiger partial charge >= 0.3 is 0 Å². The van der Waals surface area contributed by atoms with E-state index in [4.69, 9.17) is 11.6 Å². The summed E-state index contributed by atoms with van der Waals surface area (Å²) >= 11 is 6.29. The number of nitrogens with zero attached hydrogens (tertiary/aromatic N) is 2. The van der Waals surface area contributed by atoms with E-state index in [2.05, 4.69) is 41.1 Å². The number of rotatable bonds is 5. The summed E-state index contributed by atoms with van der Waals surface area (Å²) in [4.78, 5) is 5.00. The Hall–Kier alpha value is -0.770. The maximum Gasteiger partial charge on any atom is 0.0639 e. The van der Waals surface area contributed by atoms with Crippen LogP contribution in [0, 0.1) is 5.92 Å². The monoisotopic (exact) mass is 295 g/mol. The molecule has 1 saturated heterocycles. The molecule has 0 amide bonds. The second kappa shape index (κ2) is 7.30. The molecule has 0 aromatic heterocycles. The smallest absolute Gasteiger partial charge is 0.0639 e. The molecule has 1 aromatic carbocycles. The Morgan fingerprint density at radius 3 is 2.35 bits per heavy atom. The maximum absolute atomic E-state index is 6.29. The fraction of sp³-hybridized carbons (Fsp3) is 0.625. The van der Waals surface area contributed by atoms with Gasteiger partial charge in [-0.15, -0.1) is 0 Å². The van der Waals surface area contributed by atoms with E-state index in [9.17, 15) is 0 Å². The minimum absolute atomic E-state index is 0.619. The van der Waals surface area contributed by atoms with Gasteiger partial charge in [0.1, 0.15) is 0 Å². The largest absolute Gasteiger partial charge is 0.368 e. The maximum atomic E-state index is 6.29. The zero-order valence-electron chi connectivity index (χ0n) is 12.8. The first kappa shape index (κ1) is 15.6. The summed E-state index contributed by atoms with van der Waals surface area (Å²) in [5.41, 5.74) is 1.17. The second-order valence-corrected chi connectivity index (χ2v) is 6.25. The van der Waals surface area contributed by atoms with Crippen molar-refractivity contribution in [2.45, 2.75) is 19.9 Å². The van der Waals surface area contributed by atoms with E-state index >= 15 is 0 Å². The normalized spacial score (nSPS) is 18.6. The Kier molecular flexibility index (Phi) is 5.70. The standard InChI is InChI=1S/C16H26ClN3/c1-13(2)16(12-18-3)20-10-8-19(9-11-20)15-7-5-4-6-14(15)17/h4-7,13,16,18H,8-12H2,1-3H3. The number of nitrogens with one attached hydrogen (secondary N) is 1. The SMILES string of the molecule is CNCC(C(C)C)N1CCN(c2ccccc2Cl)CC1. The molecule has 112 valence electrons. The number of para-hydroxylation sites is 1. The Morgan fingerprint density at radius 2 is 1.80 bits per heavy atom. The highest BCUT2D eigenvalue weighted by molar-refractivity contribution is 6.33. The van der Waals surface area contributed by atoms with Gasteiger partial charge in [0.25, 0.3) is 0 Å². The van der Waals surface area contributed by atoms with Crippen molar-refractivity contribution in [3.63, 3.8) is 0 Å². The molecule has 1 aliphatic rings. The summed E-state index contributed by atoms with van der Waals surface area (Å²) < 4.78 is 0. The van der Waals surface area contributed by atoms with Crippen LogP contribution in [0.1, 0.15) is 13.8 Å². The number of halogens is 1. The molecular formula is C16H26ClN3. The Bertz CT molecular complexity index is 414. The van der Waals surface area contributed by atoms with Crippen LogP contribution in [0.4, 0.5) is 5.69 Å². The highest BCUT2D eigenvalue weighted by Gasteiger charge is 2.26. The summed E-state index contributed by atoms with van der Waals surface area (Å²) in [5, 5.41) is 4.18. The Morgan fingerprint density at radius 1 is 1.15 bits per heavy atom. The molecule has 1 N–H and O–H groups in total. The Balaban J connectivity index is 1.97. The van der Waals surface area contributed by atoms with E-state index in [1.54, 1.807) is 0 Å². The topological polar surface area (TPSA) is 18.5 Å². The average Bonchev–Trinajstić information content (AvgIpc) is 2.45. The number of anilines is 1. The molecule has 1 fully saturated rings. The molecule has 1 atom stereocenters. The van der Waals surface area contributed by atoms with Gasteiger partial charge in [-0.2, -0.15) is 0 Å². The predicted octanol–water partition coefficient (Wildman–Crippen LogP) is 2.71. The van der Waals surface area contributed by atoms with E-state index < -0.39 is 0 Å². The third kappa shape index (κ3) is 3.66. The lowest BCUT2D eigenvalue weighted by Crippen LogP contribution is -2.54. The van der Waals surface area contributed by atoms with Crippen molar-refractivity contribution < 1.29 is 0 Å². The average molecular weight is 296 g/mol. The third-order valence-corrected chi connectivity index (χ3v) is 4.48. The fourth-order valence-electron chi connectivity index (χ4n) is 3.00. The number of hydrogen-bond donors (Lipinski definition) is 1. The second-order valence-electron chi connectivity index (χ2n) is 5.84. The van der Waals surface area contributed by atoms with Gasteiger partial charge in [0.05, 0.1) is 10.7 Å². The summed E-state index contributed by atoms with van der Waals surface area (Å²) in [6.45, 7) is 9.99. The molecule has 0 radical (unpaired) electrons. The molecule has 0 aliphatic carbocycles. The number of hydrogen-bond acceptors (Lipinski definition) is 3. The minimum atomic E-state index is 0.619. The van der Waals surface area contributed by atoms with Crippen molar-refractivity contribution in [3.8, 4) is 0 Å². The quantitative estimate of drug-likeness (QED) is 0.901. The van der Waals surface area contributed by atoms with Crippen molar-refractivity contribution in [1.82, 2.24) is 10.2 Å². The van der Waals surface area contributed by atoms with Crippen LogP contribution in [0.15, 0.2) is 24.3 Å². The molecule has 1 heterocycles. The Labute approximate surface area is 127 Å². The van der Waals surface area contributed by atoms with Gasteiger partial charge in [0, 0.05) is 38.8 Å². The van der Waals surface area contributed by atoms with E-state index in [1.807, 2.05) is 19.2 Å². The van der Waals surface area contributed by atoms with Crippen molar-refractivity contribution in [1.29, 1.82) is 0 Å². The lowest BCUT2D eigenvalue weighted by atomic mass is 10.0. The van der Waals surface area contributed by atoms with Gasteiger partial charge in [-0.3, -0.25) is 4.90 Å². The van der Waals surface area contributed by atoms with Crippen LogP contribution in [0.2, 0.25) is 5.02 Å². The third-order valence-electron chi connectivity index (χ3n) is 4.16. The van der Waals surface area contributed by atoms with Gasteiger partial charge in [0.2, 0.25) is 0 Å². The molecule has 2 rings (SSSR count). The highest BCUT2D eigenvalue weighted by Crippen LogP contribution is 2.26. The van der Waals surface area contributed by atoms with Gasteiger partial charge in [0.15, 0.2) is 0 Å². The first-order chi connectivity index (χ1) is 9.63. The molecule has 0 spiro atoms.